The molecule has 0 saturated carbocycles. The highest BCUT2D eigenvalue weighted by molar-refractivity contribution is 7.89. The van der Waals surface area contributed by atoms with Crippen LogP contribution in [0, 0.1) is 6.92 Å². The third-order valence-electron chi connectivity index (χ3n) is 4.03. The van der Waals surface area contributed by atoms with Gasteiger partial charge in [-0.3, -0.25) is 0 Å². The Morgan fingerprint density at radius 1 is 1.11 bits per heavy atom. The Morgan fingerprint density at radius 3 is 2.41 bits per heavy atom. The summed E-state index contributed by atoms with van der Waals surface area (Å²) in [6.45, 7) is 2.03. The number of aryl methyl sites for hydroxylation is 1. The van der Waals surface area contributed by atoms with Gasteiger partial charge in [-0.1, -0.05) is 35.3 Å². The second-order valence-corrected chi connectivity index (χ2v) is 8.22. The maximum atomic E-state index is 12.6. The van der Waals surface area contributed by atoms with Gasteiger partial charge in [-0.15, -0.1) is 0 Å². The van der Waals surface area contributed by atoms with Crippen molar-refractivity contribution in [3.8, 4) is 11.4 Å². The number of hydrogen-bond donors (Lipinski definition) is 1. The molecule has 3 aromatic rings. The molecule has 0 aliphatic carbocycles. The highest BCUT2D eigenvalue weighted by Crippen LogP contribution is 2.36. The van der Waals surface area contributed by atoms with Crippen LogP contribution in [0.15, 0.2) is 53.7 Å². The van der Waals surface area contributed by atoms with E-state index in [1.54, 1.807) is 6.20 Å². The first-order chi connectivity index (χ1) is 12.8. The molecule has 6 nitrogen and oxygen atoms in total. The largest absolute Gasteiger partial charge is 0.495 e. The molecule has 0 amide bonds. The summed E-state index contributed by atoms with van der Waals surface area (Å²) in [4.78, 5) is 4.09. The quantitative estimate of drug-likeness (QED) is 0.647. The molecule has 0 aliphatic rings. The van der Waals surface area contributed by atoms with Gasteiger partial charge in [0.2, 0.25) is 10.0 Å². The molecule has 2 aromatic carbocycles. The molecular formula is C18H17Cl2N3O3S. The SMILES string of the molecule is COc1ccc(S(=O)(=O)NCc2ccc(-n3ccnc3C)cc2)c(Cl)c1Cl. The third kappa shape index (κ3) is 4.11. The summed E-state index contributed by atoms with van der Waals surface area (Å²) < 4.78 is 34.6. The van der Waals surface area contributed by atoms with Gasteiger partial charge in [-0.05, 0) is 36.8 Å². The fraction of sp³-hybridized carbons (Fsp3) is 0.167. The monoisotopic (exact) mass is 425 g/mol. The molecule has 1 heterocycles. The molecule has 142 valence electrons. The predicted molar refractivity (Wildman–Crippen MR) is 105 cm³/mol. The second kappa shape index (κ2) is 7.90. The molecule has 0 fully saturated rings. The van der Waals surface area contributed by atoms with E-state index in [9.17, 15) is 8.42 Å². The van der Waals surface area contributed by atoms with Crippen LogP contribution in [0.25, 0.3) is 5.69 Å². The van der Waals surface area contributed by atoms with Gasteiger partial charge in [0.25, 0.3) is 0 Å². The predicted octanol–water partition coefficient (Wildman–Crippen LogP) is 3.97. The van der Waals surface area contributed by atoms with Crippen LogP contribution in [0.5, 0.6) is 5.75 Å². The molecule has 9 heteroatoms. The Bertz CT molecular complexity index is 1060. The van der Waals surface area contributed by atoms with Gasteiger partial charge in [0.05, 0.1) is 12.1 Å². The first-order valence-corrected chi connectivity index (χ1v) is 10.2. The summed E-state index contributed by atoms with van der Waals surface area (Å²) in [6, 6.07) is 10.3. The number of halogens is 2. The molecule has 1 aromatic heterocycles. The summed E-state index contributed by atoms with van der Waals surface area (Å²) in [6.07, 6.45) is 3.59. The van der Waals surface area contributed by atoms with E-state index in [4.69, 9.17) is 27.9 Å². The van der Waals surface area contributed by atoms with Gasteiger partial charge >= 0.3 is 0 Å². The van der Waals surface area contributed by atoms with E-state index in [2.05, 4.69) is 9.71 Å². The topological polar surface area (TPSA) is 73.2 Å². The second-order valence-electron chi connectivity index (χ2n) is 5.73. The van der Waals surface area contributed by atoms with Crippen molar-refractivity contribution in [1.82, 2.24) is 14.3 Å². The fourth-order valence-electron chi connectivity index (χ4n) is 2.56. The van der Waals surface area contributed by atoms with E-state index in [1.807, 2.05) is 42.0 Å². The number of aromatic nitrogens is 2. The highest BCUT2D eigenvalue weighted by Gasteiger charge is 2.21. The molecule has 3 rings (SSSR count). The zero-order valence-corrected chi connectivity index (χ0v) is 16.9. The number of methoxy groups -OCH3 is 1. The zero-order valence-electron chi connectivity index (χ0n) is 14.6. The lowest BCUT2D eigenvalue weighted by Gasteiger charge is -2.12. The van der Waals surface area contributed by atoms with E-state index in [1.165, 1.54) is 19.2 Å². The molecule has 0 radical (unpaired) electrons. The van der Waals surface area contributed by atoms with Gasteiger partial charge in [-0.2, -0.15) is 0 Å². The standard InChI is InChI=1S/C18H17Cl2N3O3S/c1-12-21-9-10-23(12)14-5-3-13(4-6-14)11-22-27(24,25)16-8-7-15(26-2)17(19)18(16)20/h3-10,22H,11H2,1-2H3. The number of benzene rings is 2. The molecule has 1 N–H and O–H groups in total. The Hall–Kier alpha value is -2.06. The van der Waals surface area contributed by atoms with Crippen molar-refractivity contribution in [2.75, 3.05) is 7.11 Å². The minimum atomic E-state index is -3.83. The molecule has 0 unspecified atom stereocenters. The summed E-state index contributed by atoms with van der Waals surface area (Å²) >= 11 is 12.1. The normalized spacial score (nSPS) is 11.6. The van der Waals surface area contributed by atoms with Crippen molar-refractivity contribution in [2.45, 2.75) is 18.4 Å². The Balaban J connectivity index is 1.76. The van der Waals surface area contributed by atoms with E-state index in [-0.39, 0.29) is 21.5 Å². The van der Waals surface area contributed by atoms with E-state index < -0.39 is 10.0 Å². The van der Waals surface area contributed by atoms with Crippen molar-refractivity contribution in [1.29, 1.82) is 0 Å². The number of imidazole rings is 1. The van der Waals surface area contributed by atoms with E-state index in [0.29, 0.717) is 5.75 Å². The van der Waals surface area contributed by atoms with Gasteiger partial charge in [0.15, 0.2) is 0 Å². The third-order valence-corrected chi connectivity index (χ3v) is 6.45. The van der Waals surface area contributed by atoms with Crippen LogP contribution in [0.4, 0.5) is 0 Å². The molecular weight excluding hydrogens is 409 g/mol. The highest BCUT2D eigenvalue weighted by atomic mass is 35.5. The Kier molecular flexibility index (Phi) is 5.76. The van der Waals surface area contributed by atoms with Crippen molar-refractivity contribution in [2.24, 2.45) is 0 Å². The first kappa shape index (κ1) is 19.7. The molecule has 27 heavy (non-hydrogen) atoms. The number of nitrogens with zero attached hydrogens (tertiary/aromatic N) is 2. The summed E-state index contributed by atoms with van der Waals surface area (Å²) in [7, 11) is -2.40. The van der Waals surface area contributed by atoms with Gasteiger partial charge in [0, 0.05) is 24.6 Å². The van der Waals surface area contributed by atoms with Crippen molar-refractivity contribution in [3.05, 3.63) is 70.2 Å². The van der Waals surface area contributed by atoms with Crippen molar-refractivity contribution in [3.63, 3.8) is 0 Å². The van der Waals surface area contributed by atoms with Crippen LogP contribution >= 0.6 is 23.2 Å². The Labute approximate surface area is 167 Å². The lowest BCUT2D eigenvalue weighted by molar-refractivity contribution is 0.414. The molecule has 0 saturated heterocycles. The average molecular weight is 426 g/mol. The molecule has 0 atom stereocenters. The molecule has 0 aliphatic heterocycles. The lowest BCUT2D eigenvalue weighted by atomic mass is 10.2. The fourth-order valence-corrected chi connectivity index (χ4v) is 4.42. The van der Waals surface area contributed by atoms with Crippen LogP contribution < -0.4 is 9.46 Å². The van der Waals surface area contributed by atoms with Crippen LogP contribution in [0.1, 0.15) is 11.4 Å². The summed E-state index contributed by atoms with van der Waals surface area (Å²) in [5, 5.41) is -0.0171. The summed E-state index contributed by atoms with van der Waals surface area (Å²) in [5.41, 5.74) is 1.75. The van der Waals surface area contributed by atoms with Crippen molar-refractivity contribution < 1.29 is 13.2 Å². The minimum absolute atomic E-state index is 0.0575. The van der Waals surface area contributed by atoms with Crippen LogP contribution in [-0.4, -0.2) is 25.1 Å². The van der Waals surface area contributed by atoms with Gasteiger partial charge < -0.3 is 9.30 Å². The maximum absolute atomic E-state index is 12.6. The first-order valence-electron chi connectivity index (χ1n) is 7.94. The van der Waals surface area contributed by atoms with Gasteiger partial charge in [0.1, 0.15) is 21.5 Å². The summed E-state index contributed by atoms with van der Waals surface area (Å²) in [5.74, 6) is 1.18. The number of sulfonamides is 1. The average Bonchev–Trinajstić information content (AvgIpc) is 3.08. The van der Waals surface area contributed by atoms with Crippen molar-refractivity contribution >= 4 is 33.2 Å². The lowest BCUT2D eigenvalue weighted by Crippen LogP contribution is -2.23. The minimum Gasteiger partial charge on any atom is -0.495 e. The maximum Gasteiger partial charge on any atom is 0.242 e. The van der Waals surface area contributed by atoms with Crippen LogP contribution in [0.2, 0.25) is 10.0 Å². The number of ether oxygens (including phenoxy) is 1. The zero-order chi connectivity index (χ0) is 19.6. The van der Waals surface area contributed by atoms with E-state index in [0.717, 1.165) is 17.1 Å². The number of nitrogens with one attached hydrogen (secondary N) is 1. The number of rotatable bonds is 6. The number of hydrogen-bond acceptors (Lipinski definition) is 4. The van der Waals surface area contributed by atoms with Crippen LogP contribution in [-0.2, 0) is 16.6 Å². The molecule has 0 spiro atoms. The Morgan fingerprint density at radius 2 is 1.81 bits per heavy atom. The molecule has 0 bridgehead atoms. The van der Waals surface area contributed by atoms with E-state index >= 15 is 0 Å². The van der Waals surface area contributed by atoms with Gasteiger partial charge in [-0.25, -0.2) is 18.1 Å². The smallest absolute Gasteiger partial charge is 0.242 e. The van der Waals surface area contributed by atoms with Crippen LogP contribution in [0.3, 0.4) is 0 Å².